The summed E-state index contributed by atoms with van der Waals surface area (Å²) in [5.41, 5.74) is 1.07. The summed E-state index contributed by atoms with van der Waals surface area (Å²) in [5, 5.41) is 4.21. The number of nitrogens with one attached hydrogen (secondary N) is 1. The van der Waals surface area contributed by atoms with Crippen LogP contribution in [0.2, 0.25) is 0 Å². The number of fused-ring (bicyclic) bond motifs is 1. The van der Waals surface area contributed by atoms with E-state index in [1.165, 1.54) is 0 Å². The Balaban J connectivity index is 1.24. The van der Waals surface area contributed by atoms with Crippen molar-refractivity contribution >= 4 is 22.7 Å². The molecule has 0 aliphatic carbocycles. The molecule has 1 aromatic carbocycles. The molecule has 6 nitrogen and oxygen atoms in total. The molecule has 2 aromatic rings. The highest BCUT2D eigenvalue weighted by atomic mass is 16.2. The van der Waals surface area contributed by atoms with Gasteiger partial charge in [0.05, 0.1) is 5.92 Å². The van der Waals surface area contributed by atoms with Crippen LogP contribution in [-0.4, -0.2) is 66.0 Å². The van der Waals surface area contributed by atoms with E-state index in [2.05, 4.69) is 17.3 Å². The fourth-order valence-corrected chi connectivity index (χ4v) is 3.95. The number of rotatable bonds is 5. The van der Waals surface area contributed by atoms with E-state index in [4.69, 9.17) is 0 Å². The molecule has 3 heterocycles. The van der Waals surface area contributed by atoms with Crippen LogP contribution in [0.4, 0.5) is 0 Å². The van der Waals surface area contributed by atoms with Crippen molar-refractivity contribution in [2.45, 2.75) is 13.0 Å². The first kappa shape index (κ1) is 17.1. The van der Waals surface area contributed by atoms with Crippen LogP contribution in [0.15, 0.2) is 36.5 Å². The highest BCUT2D eigenvalue weighted by Crippen LogP contribution is 2.20. The minimum Gasteiger partial charge on any atom is -0.355 e. The van der Waals surface area contributed by atoms with E-state index >= 15 is 0 Å². The van der Waals surface area contributed by atoms with Crippen LogP contribution in [0.25, 0.3) is 10.9 Å². The normalized spacial score (nSPS) is 21.1. The van der Waals surface area contributed by atoms with Crippen LogP contribution in [0.5, 0.6) is 0 Å². The van der Waals surface area contributed by atoms with Crippen LogP contribution in [0.3, 0.4) is 0 Å². The number of likely N-dealkylation sites (tertiary alicyclic amines) is 2. The van der Waals surface area contributed by atoms with Crippen molar-refractivity contribution in [2.75, 3.05) is 39.8 Å². The van der Waals surface area contributed by atoms with Gasteiger partial charge in [-0.05, 0) is 43.5 Å². The summed E-state index contributed by atoms with van der Waals surface area (Å²) in [6.45, 7) is 4.32. The number of carbonyl (C=O) groups excluding carboxylic acids is 2. The minimum absolute atomic E-state index is 0.0560. The first-order valence-corrected chi connectivity index (χ1v) is 9.38. The number of nitrogens with zero attached hydrogens (tertiary/aromatic N) is 3. The molecule has 1 unspecified atom stereocenters. The number of hydrogen-bond acceptors (Lipinski definition) is 3. The Morgan fingerprint density at radius 2 is 1.96 bits per heavy atom. The Morgan fingerprint density at radius 1 is 1.15 bits per heavy atom. The molecule has 0 bridgehead atoms. The molecule has 2 aliphatic rings. The zero-order chi connectivity index (χ0) is 18.1. The summed E-state index contributed by atoms with van der Waals surface area (Å²) in [4.78, 5) is 28.8. The van der Waals surface area contributed by atoms with Crippen molar-refractivity contribution in [3.05, 3.63) is 36.5 Å². The first-order chi connectivity index (χ1) is 12.6. The Morgan fingerprint density at radius 3 is 2.73 bits per heavy atom. The van der Waals surface area contributed by atoms with Crippen molar-refractivity contribution in [1.82, 2.24) is 19.7 Å². The summed E-state index contributed by atoms with van der Waals surface area (Å²) in [5.74, 6) is 0.672. The smallest absolute Gasteiger partial charge is 0.242 e. The third kappa shape index (κ3) is 3.46. The zero-order valence-electron chi connectivity index (χ0n) is 15.2. The highest BCUT2D eigenvalue weighted by molar-refractivity contribution is 5.86. The second kappa shape index (κ2) is 7.11. The summed E-state index contributed by atoms with van der Waals surface area (Å²) in [6.07, 6.45) is 3.10. The quantitative estimate of drug-likeness (QED) is 0.877. The molecule has 2 saturated heterocycles. The Labute approximate surface area is 153 Å². The van der Waals surface area contributed by atoms with Crippen molar-refractivity contribution in [3.8, 4) is 0 Å². The van der Waals surface area contributed by atoms with Gasteiger partial charge in [0.25, 0.3) is 0 Å². The van der Waals surface area contributed by atoms with Gasteiger partial charge >= 0.3 is 0 Å². The average molecular weight is 354 g/mol. The van der Waals surface area contributed by atoms with E-state index in [0.29, 0.717) is 25.6 Å². The monoisotopic (exact) mass is 354 g/mol. The number of amides is 2. The topological polar surface area (TPSA) is 57.6 Å². The molecule has 2 aliphatic heterocycles. The van der Waals surface area contributed by atoms with Crippen LogP contribution < -0.4 is 5.32 Å². The molecule has 26 heavy (non-hydrogen) atoms. The van der Waals surface area contributed by atoms with E-state index in [0.717, 1.165) is 37.0 Å². The van der Waals surface area contributed by atoms with Gasteiger partial charge in [-0.3, -0.25) is 9.59 Å². The molecule has 138 valence electrons. The van der Waals surface area contributed by atoms with Gasteiger partial charge < -0.3 is 19.7 Å². The van der Waals surface area contributed by atoms with E-state index in [9.17, 15) is 9.59 Å². The van der Waals surface area contributed by atoms with E-state index in [1.807, 2.05) is 41.1 Å². The number of benzene rings is 1. The lowest BCUT2D eigenvalue weighted by Crippen LogP contribution is -2.56. The van der Waals surface area contributed by atoms with Gasteiger partial charge in [-0.15, -0.1) is 0 Å². The van der Waals surface area contributed by atoms with Crippen molar-refractivity contribution < 1.29 is 9.59 Å². The van der Waals surface area contributed by atoms with Gasteiger partial charge in [0, 0.05) is 37.9 Å². The Kier molecular flexibility index (Phi) is 4.68. The van der Waals surface area contributed by atoms with Gasteiger partial charge in [-0.1, -0.05) is 18.2 Å². The number of hydrogen-bond donors (Lipinski definition) is 1. The van der Waals surface area contributed by atoms with Gasteiger partial charge in [0.15, 0.2) is 0 Å². The number of para-hydroxylation sites is 1. The Hall–Kier alpha value is -2.34. The zero-order valence-corrected chi connectivity index (χ0v) is 15.2. The molecule has 0 saturated carbocycles. The molecule has 0 spiro atoms. The third-order valence-electron chi connectivity index (χ3n) is 5.64. The van der Waals surface area contributed by atoms with Gasteiger partial charge in [0.1, 0.15) is 6.54 Å². The molecule has 1 N–H and O–H groups in total. The second-order valence-corrected chi connectivity index (χ2v) is 7.66. The van der Waals surface area contributed by atoms with E-state index in [-0.39, 0.29) is 17.7 Å². The molecular weight excluding hydrogens is 328 g/mol. The molecule has 1 atom stereocenters. The standard InChI is InChI=1S/C20H26N4O2/c1-22-8-6-15(11-22)10-21-20(26)17-12-24(13-17)19(25)14-23-9-7-16-4-2-3-5-18(16)23/h2-5,7,9,15,17H,6,8,10-14H2,1H3,(H,21,26). The number of carbonyl (C=O) groups is 2. The largest absolute Gasteiger partial charge is 0.355 e. The fourth-order valence-electron chi connectivity index (χ4n) is 3.95. The van der Waals surface area contributed by atoms with E-state index in [1.54, 1.807) is 4.90 Å². The molecule has 6 heteroatoms. The average Bonchev–Trinajstić information content (AvgIpc) is 3.18. The molecular formula is C20H26N4O2. The first-order valence-electron chi connectivity index (χ1n) is 9.38. The van der Waals surface area contributed by atoms with E-state index < -0.39 is 0 Å². The maximum atomic E-state index is 12.5. The van der Waals surface area contributed by atoms with Crippen molar-refractivity contribution in [3.63, 3.8) is 0 Å². The van der Waals surface area contributed by atoms with Gasteiger partial charge in [0.2, 0.25) is 11.8 Å². The Bertz CT molecular complexity index is 809. The fraction of sp³-hybridized carbons (Fsp3) is 0.500. The summed E-state index contributed by atoms with van der Waals surface area (Å²) < 4.78 is 1.97. The lowest BCUT2D eigenvalue weighted by molar-refractivity contribution is -0.143. The van der Waals surface area contributed by atoms with Crippen molar-refractivity contribution in [2.24, 2.45) is 11.8 Å². The number of aromatic nitrogens is 1. The van der Waals surface area contributed by atoms with Crippen LogP contribution in [0.1, 0.15) is 6.42 Å². The third-order valence-corrected chi connectivity index (χ3v) is 5.64. The molecule has 2 fully saturated rings. The summed E-state index contributed by atoms with van der Waals surface area (Å²) in [7, 11) is 2.12. The van der Waals surface area contributed by atoms with Crippen LogP contribution in [-0.2, 0) is 16.1 Å². The van der Waals surface area contributed by atoms with Crippen molar-refractivity contribution in [1.29, 1.82) is 0 Å². The summed E-state index contributed by atoms with van der Waals surface area (Å²) in [6, 6.07) is 10.1. The molecule has 4 rings (SSSR count). The van der Waals surface area contributed by atoms with Crippen LogP contribution >= 0.6 is 0 Å². The second-order valence-electron chi connectivity index (χ2n) is 7.66. The van der Waals surface area contributed by atoms with Gasteiger partial charge in [-0.2, -0.15) is 0 Å². The van der Waals surface area contributed by atoms with Crippen LogP contribution in [0, 0.1) is 11.8 Å². The summed E-state index contributed by atoms with van der Waals surface area (Å²) >= 11 is 0. The molecule has 2 amide bonds. The maximum Gasteiger partial charge on any atom is 0.242 e. The molecule has 0 radical (unpaired) electrons. The predicted octanol–water partition coefficient (Wildman–Crippen LogP) is 1.17. The lowest BCUT2D eigenvalue weighted by atomic mass is 9.98. The highest BCUT2D eigenvalue weighted by Gasteiger charge is 2.35. The molecule has 1 aromatic heterocycles. The SMILES string of the molecule is CN1CCC(CNC(=O)C2CN(C(=O)Cn3ccc4ccccc43)C2)C1. The predicted molar refractivity (Wildman–Crippen MR) is 101 cm³/mol. The maximum absolute atomic E-state index is 12.5. The van der Waals surface area contributed by atoms with Gasteiger partial charge in [-0.25, -0.2) is 0 Å². The minimum atomic E-state index is -0.0560. The lowest BCUT2D eigenvalue weighted by Gasteiger charge is -2.38.